The fourth-order valence-electron chi connectivity index (χ4n) is 1.95. The van der Waals surface area contributed by atoms with E-state index in [-0.39, 0.29) is 12.6 Å². The highest BCUT2D eigenvalue weighted by Crippen LogP contribution is 2.17. The van der Waals surface area contributed by atoms with Crippen LogP contribution in [0.1, 0.15) is 33.1 Å². The molecule has 5 nitrogen and oxygen atoms in total. The summed E-state index contributed by atoms with van der Waals surface area (Å²) in [5, 5.41) is 8.74. The number of hydrogen-bond donors (Lipinski definition) is 2. The van der Waals surface area contributed by atoms with Crippen LogP contribution < -0.4 is 4.72 Å². The lowest BCUT2D eigenvalue weighted by Crippen LogP contribution is -2.48. The molecular formula is C10H22N2O3S. The third-order valence-electron chi connectivity index (χ3n) is 2.87. The van der Waals surface area contributed by atoms with E-state index < -0.39 is 10.2 Å². The summed E-state index contributed by atoms with van der Waals surface area (Å²) in [6.45, 7) is 5.03. The Morgan fingerprint density at radius 2 is 2.25 bits per heavy atom. The van der Waals surface area contributed by atoms with Crippen molar-refractivity contribution in [3.8, 4) is 0 Å². The van der Waals surface area contributed by atoms with E-state index in [2.05, 4.69) is 11.6 Å². The molecule has 0 bridgehead atoms. The third kappa shape index (κ3) is 4.01. The Hall–Kier alpha value is -0.170. The smallest absolute Gasteiger partial charge is 0.279 e. The molecule has 0 aromatic carbocycles. The van der Waals surface area contributed by atoms with Gasteiger partial charge in [-0.05, 0) is 32.1 Å². The minimum atomic E-state index is -3.37. The van der Waals surface area contributed by atoms with Crippen LogP contribution in [0.25, 0.3) is 0 Å². The van der Waals surface area contributed by atoms with E-state index in [4.69, 9.17) is 5.11 Å². The van der Waals surface area contributed by atoms with E-state index in [1.807, 2.05) is 0 Å². The summed E-state index contributed by atoms with van der Waals surface area (Å²) in [7, 11) is -3.37. The van der Waals surface area contributed by atoms with E-state index in [1.165, 1.54) is 4.31 Å². The summed E-state index contributed by atoms with van der Waals surface area (Å²) < 4.78 is 28.0. The number of piperidine rings is 1. The molecule has 0 saturated carbocycles. The molecule has 16 heavy (non-hydrogen) atoms. The van der Waals surface area contributed by atoms with Crippen LogP contribution in [0.2, 0.25) is 0 Å². The zero-order chi connectivity index (χ0) is 12.2. The Morgan fingerprint density at radius 3 is 2.81 bits per heavy atom. The summed E-state index contributed by atoms with van der Waals surface area (Å²) in [6, 6.07) is -0.216. The van der Waals surface area contributed by atoms with Crippen LogP contribution in [-0.4, -0.2) is 43.6 Å². The number of rotatable bonds is 5. The molecule has 0 aliphatic carbocycles. The lowest BCUT2D eigenvalue weighted by molar-refractivity contribution is 0.264. The van der Waals surface area contributed by atoms with Crippen LogP contribution in [0.4, 0.5) is 0 Å². The molecule has 2 N–H and O–H groups in total. The van der Waals surface area contributed by atoms with Gasteiger partial charge in [-0.25, -0.2) is 0 Å². The van der Waals surface area contributed by atoms with Crippen molar-refractivity contribution in [3.63, 3.8) is 0 Å². The molecule has 2 unspecified atom stereocenters. The molecule has 0 aromatic heterocycles. The van der Waals surface area contributed by atoms with Crippen molar-refractivity contribution in [1.82, 2.24) is 9.03 Å². The Labute approximate surface area is 98.0 Å². The second-order valence-corrected chi connectivity index (χ2v) is 6.34. The predicted molar refractivity (Wildman–Crippen MR) is 63.2 cm³/mol. The molecule has 2 atom stereocenters. The Morgan fingerprint density at radius 1 is 1.56 bits per heavy atom. The lowest BCUT2D eigenvalue weighted by atomic mass is 10.0. The van der Waals surface area contributed by atoms with Gasteiger partial charge in [-0.15, -0.1) is 0 Å². The van der Waals surface area contributed by atoms with Crippen molar-refractivity contribution in [3.05, 3.63) is 0 Å². The number of aliphatic hydroxyl groups is 1. The topological polar surface area (TPSA) is 69.6 Å². The average Bonchev–Trinajstić information content (AvgIpc) is 2.17. The molecule has 0 amide bonds. The summed E-state index contributed by atoms with van der Waals surface area (Å²) >= 11 is 0. The summed E-state index contributed by atoms with van der Waals surface area (Å²) in [5.41, 5.74) is 0. The first-order valence-corrected chi connectivity index (χ1v) is 7.28. The standard InChI is InChI=1S/C10H22N2O3S/c1-9-4-3-6-12(8-9)16(14,15)11-10(2)5-7-13/h9-11,13H,3-8H2,1-2H3. The molecule has 1 saturated heterocycles. The average molecular weight is 250 g/mol. The first kappa shape index (κ1) is 13.9. The second-order valence-electron chi connectivity index (χ2n) is 4.64. The zero-order valence-corrected chi connectivity index (χ0v) is 10.8. The fraction of sp³-hybridized carbons (Fsp3) is 1.00. The van der Waals surface area contributed by atoms with Crippen molar-refractivity contribution in [1.29, 1.82) is 0 Å². The molecular weight excluding hydrogens is 228 g/mol. The van der Waals surface area contributed by atoms with Crippen molar-refractivity contribution in [2.45, 2.75) is 39.2 Å². The fourth-order valence-corrected chi connectivity index (χ4v) is 3.54. The quantitative estimate of drug-likeness (QED) is 0.738. The van der Waals surface area contributed by atoms with Crippen LogP contribution in [0, 0.1) is 5.92 Å². The van der Waals surface area contributed by atoms with Gasteiger partial charge in [0.2, 0.25) is 0 Å². The molecule has 0 aromatic rings. The SMILES string of the molecule is CC1CCCN(S(=O)(=O)NC(C)CCO)C1. The minimum Gasteiger partial charge on any atom is -0.396 e. The van der Waals surface area contributed by atoms with Gasteiger partial charge in [0.15, 0.2) is 0 Å². The van der Waals surface area contributed by atoms with Crippen molar-refractivity contribution >= 4 is 10.2 Å². The van der Waals surface area contributed by atoms with E-state index in [1.54, 1.807) is 6.92 Å². The Kier molecular flexibility index (Phi) is 5.17. The van der Waals surface area contributed by atoms with Crippen LogP contribution >= 0.6 is 0 Å². The molecule has 1 rings (SSSR count). The molecule has 6 heteroatoms. The van der Waals surface area contributed by atoms with Crippen LogP contribution in [-0.2, 0) is 10.2 Å². The summed E-state index contributed by atoms with van der Waals surface area (Å²) in [6.07, 6.45) is 2.47. The highest BCUT2D eigenvalue weighted by Gasteiger charge is 2.27. The van der Waals surface area contributed by atoms with E-state index in [0.29, 0.717) is 25.4 Å². The van der Waals surface area contributed by atoms with Gasteiger partial charge in [0.25, 0.3) is 10.2 Å². The Balaban J connectivity index is 2.55. The molecule has 0 spiro atoms. The van der Waals surface area contributed by atoms with E-state index in [9.17, 15) is 8.42 Å². The number of hydrogen-bond acceptors (Lipinski definition) is 3. The van der Waals surface area contributed by atoms with Crippen LogP contribution in [0.5, 0.6) is 0 Å². The highest BCUT2D eigenvalue weighted by molar-refractivity contribution is 7.87. The predicted octanol–water partition coefficient (Wildman–Crippen LogP) is 0.324. The minimum absolute atomic E-state index is 0.0000887. The van der Waals surface area contributed by atoms with Gasteiger partial charge in [-0.1, -0.05) is 6.92 Å². The van der Waals surface area contributed by atoms with Gasteiger partial charge in [-0.2, -0.15) is 17.4 Å². The van der Waals surface area contributed by atoms with Gasteiger partial charge >= 0.3 is 0 Å². The number of nitrogens with zero attached hydrogens (tertiary/aromatic N) is 1. The second kappa shape index (κ2) is 5.95. The van der Waals surface area contributed by atoms with Crippen molar-refractivity contribution < 1.29 is 13.5 Å². The van der Waals surface area contributed by atoms with Crippen molar-refractivity contribution in [2.24, 2.45) is 5.92 Å². The molecule has 96 valence electrons. The third-order valence-corrected chi connectivity index (χ3v) is 4.58. The molecule has 1 aliphatic rings. The maximum absolute atomic E-state index is 11.9. The first-order chi connectivity index (χ1) is 7.45. The normalized spacial score (nSPS) is 25.6. The molecule has 0 radical (unpaired) electrons. The van der Waals surface area contributed by atoms with E-state index >= 15 is 0 Å². The molecule has 1 fully saturated rings. The van der Waals surface area contributed by atoms with Gasteiger partial charge in [0.1, 0.15) is 0 Å². The van der Waals surface area contributed by atoms with Gasteiger partial charge in [0, 0.05) is 25.7 Å². The largest absolute Gasteiger partial charge is 0.396 e. The number of nitrogens with one attached hydrogen (secondary N) is 1. The van der Waals surface area contributed by atoms with Gasteiger partial charge in [-0.3, -0.25) is 0 Å². The van der Waals surface area contributed by atoms with Crippen LogP contribution in [0.3, 0.4) is 0 Å². The first-order valence-electron chi connectivity index (χ1n) is 5.84. The Bertz CT molecular complexity index is 305. The number of aliphatic hydroxyl groups excluding tert-OH is 1. The summed E-state index contributed by atoms with van der Waals surface area (Å²) in [4.78, 5) is 0. The maximum atomic E-state index is 11.9. The zero-order valence-electron chi connectivity index (χ0n) is 10.0. The van der Waals surface area contributed by atoms with E-state index in [0.717, 1.165) is 12.8 Å². The van der Waals surface area contributed by atoms with Crippen molar-refractivity contribution in [2.75, 3.05) is 19.7 Å². The monoisotopic (exact) mass is 250 g/mol. The van der Waals surface area contributed by atoms with Gasteiger partial charge < -0.3 is 5.11 Å². The highest BCUT2D eigenvalue weighted by atomic mass is 32.2. The summed E-state index contributed by atoms with van der Waals surface area (Å²) in [5.74, 6) is 0.429. The molecule has 1 aliphatic heterocycles. The molecule has 1 heterocycles. The van der Waals surface area contributed by atoms with Crippen LogP contribution in [0.15, 0.2) is 0 Å². The lowest BCUT2D eigenvalue weighted by Gasteiger charge is -2.31. The maximum Gasteiger partial charge on any atom is 0.279 e. The van der Waals surface area contributed by atoms with Gasteiger partial charge in [0.05, 0.1) is 0 Å².